The van der Waals surface area contributed by atoms with E-state index in [2.05, 4.69) is 51.3 Å². The van der Waals surface area contributed by atoms with Crippen LogP contribution in [0.2, 0.25) is 0 Å². The quantitative estimate of drug-likeness (QED) is 0.244. The average Bonchev–Trinajstić information content (AvgIpc) is 2.87. The second kappa shape index (κ2) is 13.0. The largest absolute Gasteiger partial charge is 0.416 e. The van der Waals surface area contributed by atoms with E-state index in [0.29, 0.717) is 17.1 Å². The SMILES string of the molecule is CCCCN(CCCC)c1ccc(/N=N/c2ccc(/N=N/c3ccc(C(F)(F)F)cc3)c(C)c2)cc1. The number of nitrogens with zero attached hydrogens (tertiary/aromatic N) is 5. The van der Waals surface area contributed by atoms with Gasteiger partial charge in [-0.25, -0.2) is 0 Å². The zero-order valence-corrected chi connectivity index (χ0v) is 21.0. The molecule has 0 bridgehead atoms. The highest BCUT2D eigenvalue weighted by atomic mass is 19.4. The number of benzene rings is 3. The Hall–Kier alpha value is -3.55. The molecule has 0 aliphatic heterocycles. The minimum Gasteiger partial charge on any atom is -0.372 e. The predicted octanol–water partition coefficient (Wildman–Crippen LogP) is 10.3. The minimum absolute atomic E-state index is 0.345. The first-order valence-corrected chi connectivity index (χ1v) is 12.3. The van der Waals surface area contributed by atoms with Crippen LogP contribution < -0.4 is 4.90 Å². The number of hydrogen-bond donors (Lipinski definition) is 0. The van der Waals surface area contributed by atoms with Crippen molar-refractivity contribution in [2.45, 2.75) is 52.6 Å². The van der Waals surface area contributed by atoms with Gasteiger partial charge in [0, 0.05) is 18.8 Å². The summed E-state index contributed by atoms with van der Waals surface area (Å²) in [5, 5.41) is 16.9. The van der Waals surface area contributed by atoms with Crippen molar-refractivity contribution in [1.29, 1.82) is 0 Å². The van der Waals surface area contributed by atoms with Gasteiger partial charge in [0.25, 0.3) is 0 Å². The summed E-state index contributed by atoms with van der Waals surface area (Å²) in [6.45, 7) is 8.39. The standard InChI is InChI=1S/C28H32F3N5/c1-4-6-18-36(19-7-5-2)26-15-12-24(13-16-26)32-34-25-14-17-27(21(3)20-25)35-33-23-10-8-22(9-11-23)28(29,30)31/h8-17,20H,4-7,18-19H2,1-3H3/b34-32+,35-33+. The van der Waals surface area contributed by atoms with Gasteiger partial charge in [0.15, 0.2) is 0 Å². The molecule has 0 unspecified atom stereocenters. The topological polar surface area (TPSA) is 52.7 Å². The molecule has 3 rings (SSSR count). The van der Waals surface area contributed by atoms with Crippen LogP contribution in [0.3, 0.4) is 0 Å². The molecule has 3 aromatic carbocycles. The average molecular weight is 496 g/mol. The van der Waals surface area contributed by atoms with Gasteiger partial charge in [0.2, 0.25) is 0 Å². The van der Waals surface area contributed by atoms with E-state index in [1.165, 1.54) is 43.5 Å². The highest BCUT2D eigenvalue weighted by Crippen LogP contribution is 2.31. The van der Waals surface area contributed by atoms with E-state index >= 15 is 0 Å². The lowest BCUT2D eigenvalue weighted by Gasteiger charge is -2.24. The molecule has 0 fully saturated rings. The number of alkyl halides is 3. The van der Waals surface area contributed by atoms with Crippen LogP contribution in [-0.4, -0.2) is 13.1 Å². The summed E-state index contributed by atoms with van der Waals surface area (Å²) in [7, 11) is 0. The van der Waals surface area contributed by atoms with Crippen LogP contribution in [0.1, 0.15) is 50.7 Å². The van der Waals surface area contributed by atoms with Crippen molar-refractivity contribution >= 4 is 28.4 Å². The first kappa shape index (κ1) is 27.0. The highest BCUT2D eigenvalue weighted by molar-refractivity contribution is 5.55. The minimum atomic E-state index is -4.37. The van der Waals surface area contributed by atoms with Crippen molar-refractivity contribution in [3.05, 3.63) is 77.9 Å². The van der Waals surface area contributed by atoms with Crippen LogP contribution in [0.25, 0.3) is 0 Å². The molecule has 0 aliphatic rings. The molecule has 3 aromatic rings. The van der Waals surface area contributed by atoms with Gasteiger partial charge in [0.1, 0.15) is 0 Å². The molecule has 0 saturated carbocycles. The van der Waals surface area contributed by atoms with Gasteiger partial charge in [-0.05, 0) is 92.1 Å². The van der Waals surface area contributed by atoms with Gasteiger partial charge < -0.3 is 4.90 Å². The summed E-state index contributed by atoms with van der Waals surface area (Å²) >= 11 is 0. The molecule has 0 aromatic heterocycles. The Morgan fingerprint density at radius 3 is 1.69 bits per heavy atom. The van der Waals surface area contributed by atoms with Gasteiger partial charge >= 0.3 is 6.18 Å². The van der Waals surface area contributed by atoms with Crippen LogP contribution in [0.5, 0.6) is 0 Å². The number of azo groups is 2. The third-order valence-electron chi connectivity index (χ3n) is 5.71. The van der Waals surface area contributed by atoms with E-state index in [1.807, 2.05) is 25.1 Å². The number of hydrogen-bond acceptors (Lipinski definition) is 5. The molecule has 5 nitrogen and oxygen atoms in total. The smallest absolute Gasteiger partial charge is 0.372 e. The molecule has 0 N–H and O–H groups in total. The summed E-state index contributed by atoms with van der Waals surface area (Å²) in [6.07, 6.45) is 0.310. The Kier molecular flexibility index (Phi) is 9.73. The highest BCUT2D eigenvalue weighted by Gasteiger charge is 2.29. The molecule has 0 saturated heterocycles. The Morgan fingerprint density at radius 2 is 1.17 bits per heavy atom. The second-order valence-corrected chi connectivity index (χ2v) is 8.63. The first-order chi connectivity index (χ1) is 17.3. The molecule has 190 valence electrons. The maximum Gasteiger partial charge on any atom is 0.416 e. The number of halogens is 3. The van der Waals surface area contributed by atoms with Crippen LogP contribution >= 0.6 is 0 Å². The molecule has 8 heteroatoms. The lowest BCUT2D eigenvalue weighted by molar-refractivity contribution is -0.137. The Bertz CT molecular complexity index is 1150. The summed E-state index contributed by atoms with van der Waals surface area (Å²) in [5.41, 5.74) is 3.72. The lowest BCUT2D eigenvalue weighted by atomic mass is 10.2. The van der Waals surface area contributed by atoms with Gasteiger partial charge in [-0.2, -0.15) is 33.6 Å². The molecule has 0 heterocycles. The lowest BCUT2D eigenvalue weighted by Crippen LogP contribution is -2.25. The molecular formula is C28H32F3N5. The fourth-order valence-corrected chi connectivity index (χ4v) is 3.56. The Morgan fingerprint density at radius 1 is 0.667 bits per heavy atom. The van der Waals surface area contributed by atoms with E-state index in [-0.39, 0.29) is 0 Å². The summed E-state index contributed by atoms with van der Waals surface area (Å²) < 4.78 is 38.1. The van der Waals surface area contributed by atoms with E-state index in [0.717, 1.165) is 36.5 Å². The number of aryl methyl sites for hydroxylation is 1. The van der Waals surface area contributed by atoms with Crippen LogP contribution in [0, 0.1) is 6.92 Å². The van der Waals surface area contributed by atoms with Crippen molar-refractivity contribution in [2.24, 2.45) is 20.5 Å². The van der Waals surface area contributed by atoms with E-state index in [1.54, 1.807) is 12.1 Å². The summed E-state index contributed by atoms with van der Waals surface area (Å²) in [5.74, 6) is 0. The van der Waals surface area contributed by atoms with Crippen LogP contribution in [0.4, 0.5) is 41.6 Å². The van der Waals surface area contributed by atoms with Crippen LogP contribution in [0.15, 0.2) is 87.2 Å². The number of unbranched alkanes of at least 4 members (excludes halogenated alkanes) is 2. The Balaban J connectivity index is 1.64. The first-order valence-electron chi connectivity index (χ1n) is 12.3. The van der Waals surface area contributed by atoms with Crippen LogP contribution in [-0.2, 0) is 6.18 Å². The summed E-state index contributed by atoms with van der Waals surface area (Å²) in [4.78, 5) is 2.43. The molecule has 0 aliphatic carbocycles. The van der Waals surface area contributed by atoms with Crippen molar-refractivity contribution in [2.75, 3.05) is 18.0 Å². The zero-order chi connectivity index (χ0) is 26.0. The molecule has 0 radical (unpaired) electrons. The molecule has 0 spiro atoms. The third-order valence-corrected chi connectivity index (χ3v) is 5.71. The Labute approximate surface area is 210 Å². The maximum absolute atomic E-state index is 12.7. The van der Waals surface area contributed by atoms with Crippen molar-refractivity contribution in [3.63, 3.8) is 0 Å². The van der Waals surface area contributed by atoms with Crippen molar-refractivity contribution in [3.8, 4) is 0 Å². The molecule has 0 atom stereocenters. The second-order valence-electron chi connectivity index (χ2n) is 8.63. The zero-order valence-electron chi connectivity index (χ0n) is 21.0. The fourth-order valence-electron chi connectivity index (χ4n) is 3.56. The van der Waals surface area contributed by atoms with Gasteiger partial charge in [-0.15, -0.1) is 0 Å². The predicted molar refractivity (Wildman–Crippen MR) is 139 cm³/mol. The van der Waals surface area contributed by atoms with E-state index in [9.17, 15) is 13.2 Å². The molecule has 36 heavy (non-hydrogen) atoms. The van der Waals surface area contributed by atoms with Crippen molar-refractivity contribution in [1.82, 2.24) is 0 Å². The maximum atomic E-state index is 12.7. The normalized spacial score (nSPS) is 12.1. The monoisotopic (exact) mass is 495 g/mol. The third kappa shape index (κ3) is 8.00. The van der Waals surface area contributed by atoms with E-state index < -0.39 is 11.7 Å². The van der Waals surface area contributed by atoms with Gasteiger partial charge in [-0.3, -0.25) is 0 Å². The van der Waals surface area contributed by atoms with Gasteiger partial charge in [-0.1, -0.05) is 26.7 Å². The van der Waals surface area contributed by atoms with Gasteiger partial charge in [0.05, 0.1) is 28.3 Å². The molecule has 0 amide bonds. The number of anilines is 1. The van der Waals surface area contributed by atoms with E-state index in [4.69, 9.17) is 0 Å². The fraction of sp³-hybridized carbons (Fsp3) is 0.357. The summed E-state index contributed by atoms with van der Waals surface area (Å²) in [6, 6.07) is 18.1. The number of rotatable bonds is 11. The van der Waals surface area contributed by atoms with Crippen molar-refractivity contribution < 1.29 is 13.2 Å². The molecular weight excluding hydrogens is 463 g/mol.